The molecule has 2 aromatic carbocycles. The third-order valence-electron chi connectivity index (χ3n) is 4.57. The van der Waals surface area contributed by atoms with E-state index in [9.17, 15) is 9.59 Å². The average molecular weight is 602 g/mol. The fourth-order valence-electron chi connectivity index (χ4n) is 2.98. The molecule has 1 aromatic heterocycles. The molecule has 0 radical (unpaired) electrons. The van der Waals surface area contributed by atoms with Gasteiger partial charge in [-0.05, 0) is 61.0 Å². The molecule has 3 aromatic rings. The lowest BCUT2D eigenvalue weighted by Gasteiger charge is -2.18. The predicted molar refractivity (Wildman–Crippen MR) is 134 cm³/mol. The molecular weight excluding hydrogens is 582 g/mol. The number of halogens is 3. The van der Waals surface area contributed by atoms with Crippen LogP contribution in [0.15, 0.2) is 43.1 Å². The number of methoxy groups -OCH3 is 1. The molecule has 0 aliphatic rings. The zero-order chi connectivity index (χ0) is 24.3. The Balaban J connectivity index is 2.07. The third-order valence-corrected chi connectivity index (χ3v) is 6.50. The first-order chi connectivity index (χ1) is 15.7. The number of hydrogen-bond donors (Lipinski definition) is 0. The van der Waals surface area contributed by atoms with Crippen molar-refractivity contribution in [1.29, 1.82) is 0 Å². The van der Waals surface area contributed by atoms with Crippen molar-refractivity contribution in [3.05, 3.63) is 60.0 Å². The van der Waals surface area contributed by atoms with Crippen LogP contribution in [0.25, 0.3) is 10.9 Å². The van der Waals surface area contributed by atoms with Gasteiger partial charge in [0.25, 0.3) is 5.56 Å². The Hall–Kier alpha value is -2.43. The minimum absolute atomic E-state index is 0.183. The van der Waals surface area contributed by atoms with Crippen LogP contribution in [0, 0.1) is 6.92 Å². The molecule has 0 fully saturated rings. The number of benzene rings is 2. The summed E-state index contributed by atoms with van der Waals surface area (Å²) >= 11 is 13.3. The summed E-state index contributed by atoms with van der Waals surface area (Å²) in [6.45, 7) is 5.37. The molecule has 0 saturated heterocycles. The average Bonchev–Trinajstić information content (AvgIpc) is 2.79. The number of nitrogens with zero attached hydrogens (tertiary/aromatic N) is 3. The van der Waals surface area contributed by atoms with Crippen LogP contribution in [0.4, 0.5) is 0 Å². The summed E-state index contributed by atoms with van der Waals surface area (Å²) in [5.74, 6) is 0.365. The Bertz CT molecular complexity index is 1310. The molecule has 3 rings (SSSR count). The molecule has 0 aliphatic carbocycles. The molecule has 1 heterocycles. The second-order valence-electron chi connectivity index (χ2n) is 6.82. The van der Waals surface area contributed by atoms with Crippen LogP contribution < -0.4 is 15.0 Å². The summed E-state index contributed by atoms with van der Waals surface area (Å²) in [6.07, 6.45) is 0.564. The van der Waals surface area contributed by atoms with E-state index in [2.05, 4.69) is 41.9 Å². The van der Waals surface area contributed by atoms with Crippen LogP contribution in [0.1, 0.15) is 25.2 Å². The van der Waals surface area contributed by atoms with Crippen LogP contribution in [-0.4, -0.2) is 41.7 Å². The topological polar surface area (TPSA) is 92.0 Å². The Morgan fingerprint density at radius 1 is 1.33 bits per heavy atom. The van der Waals surface area contributed by atoms with E-state index in [0.29, 0.717) is 39.1 Å². The molecule has 0 aliphatic heterocycles. The van der Waals surface area contributed by atoms with E-state index in [4.69, 9.17) is 25.8 Å². The van der Waals surface area contributed by atoms with Crippen molar-refractivity contribution >= 4 is 66.5 Å². The molecule has 0 N–H and O–H groups in total. The summed E-state index contributed by atoms with van der Waals surface area (Å²) in [6, 6.07) is 6.93. The van der Waals surface area contributed by atoms with Gasteiger partial charge in [0.2, 0.25) is 0 Å². The quantitative estimate of drug-likeness (QED) is 0.276. The molecule has 0 spiro atoms. The normalized spacial score (nSPS) is 12.2. The Labute approximate surface area is 211 Å². The number of ether oxygens (including phenoxy) is 3. The fourth-order valence-corrected chi connectivity index (χ4v) is 3.98. The number of rotatable bonds is 7. The largest absolute Gasteiger partial charge is 0.490 e. The molecule has 0 unspecified atom stereocenters. The van der Waals surface area contributed by atoms with E-state index in [0.717, 1.165) is 4.47 Å². The highest BCUT2D eigenvalue weighted by Gasteiger charge is 2.23. The number of esters is 1. The lowest BCUT2D eigenvalue weighted by molar-refractivity contribution is -0.147. The zero-order valence-electron chi connectivity index (χ0n) is 18.2. The highest BCUT2D eigenvalue weighted by Crippen LogP contribution is 2.42. The van der Waals surface area contributed by atoms with Gasteiger partial charge in [0.15, 0.2) is 17.6 Å². The van der Waals surface area contributed by atoms with Gasteiger partial charge in [-0.2, -0.15) is 9.78 Å². The van der Waals surface area contributed by atoms with E-state index in [1.807, 2.05) is 6.07 Å². The molecule has 0 amide bonds. The van der Waals surface area contributed by atoms with Crippen LogP contribution >= 0.6 is 43.5 Å². The van der Waals surface area contributed by atoms with Crippen molar-refractivity contribution in [2.45, 2.75) is 26.9 Å². The summed E-state index contributed by atoms with van der Waals surface area (Å²) in [5.41, 5.74) is 0.799. The maximum Gasteiger partial charge on any atom is 0.346 e. The minimum atomic E-state index is -0.901. The molecule has 0 saturated carbocycles. The summed E-state index contributed by atoms with van der Waals surface area (Å²) < 4.78 is 18.5. The van der Waals surface area contributed by atoms with E-state index in [-0.39, 0.29) is 16.3 Å². The second-order valence-corrected chi connectivity index (χ2v) is 8.91. The van der Waals surface area contributed by atoms with E-state index in [1.165, 1.54) is 18.0 Å². The minimum Gasteiger partial charge on any atom is -0.490 e. The number of carbonyl (C=O) groups is 1. The van der Waals surface area contributed by atoms with E-state index >= 15 is 0 Å². The van der Waals surface area contributed by atoms with Crippen LogP contribution in [0.5, 0.6) is 11.5 Å². The predicted octanol–water partition coefficient (Wildman–Crippen LogP) is 5.10. The molecule has 11 heteroatoms. The maximum absolute atomic E-state index is 13.0. The number of carbonyl (C=O) groups excluding carboxylic acids is 1. The molecule has 33 heavy (non-hydrogen) atoms. The Morgan fingerprint density at radius 2 is 2.06 bits per heavy atom. The zero-order valence-corrected chi connectivity index (χ0v) is 22.1. The molecule has 1 atom stereocenters. The fraction of sp³-hybridized carbons (Fsp3) is 0.273. The summed E-state index contributed by atoms with van der Waals surface area (Å²) in [4.78, 5) is 29.2. The lowest BCUT2D eigenvalue weighted by Crippen LogP contribution is -2.25. The van der Waals surface area contributed by atoms with E-state index < -0.39 is 12.1 Å². The van der Waals surface area contributed by atoms with Crippen LogP contribution in [0.2, 0.25) is 5.02 Å². The van der Waals surface area contributed by atoms with Crippen molar-refractivity contribution in [3.8, 4) is 11.5 Å². The monoisotopic (exact) mass is 599 g/mol. The highest BCUT2D eigenvalue weighted by molar-refractivity contribution is 9.10. The number of aromatic nitrogens is 2. The molecular formula is C22H20Br2ClN3O5. The second kappa shape index (κ2) is 10.7. The van der Waals surface area contributed by atoms with Gasteiger partial charge in [-0.1, -0.05) is 27.5 Å². The first-order valence-electron chi connectivity index (χ1n) is 9.80. The van der Waals surface area contributed by atoms with Crippen molar-refractivity contribution < 1.29 is 19.0 Å². The van der Waals surface area contributed by atoms with Gasteiger partial charge in [0.1, 0.15) is 10.8 Å². The van der Waals surface area contributed by atoms with Gasteiger partial charge >= 0.3 is 5.97 Å². The summed E-state index contributed by atoms with van der Waals surface area (Å²) in [7, 11) is 1.27. The first-order valence-corrected chi connectivity index (χ1v) is 11.8. The van der Waals surface area contributed by atoms with Gasteiger partial charge in [-0.25, -0.2) is 9.78 Å². The molecule has 0 bridgehead atoms. The van der Waals surface area contributed by atoms with Crippen LogP contribution in [0.3, 0.4) is 0 Å². The van der Waals surface area contributed by atoms with Gasteiger partial charge in [-0.15, -0.1) is 0 Å². The van der Waals surface area contributed by atoms with Gasteiger partial charge < -0.3 is 14.2 Å². The Morgan fingerprint density at radius 3 is 2.73 bits per heavy atom. The smallest absolute Gasteiger partial charge is 0.346 e. The summed E-state index contributed by atoms with van der Waals surface area (Å²) in [5, 5.41) is 4.95. The molecule has 174 valence electrons. The third kappa shape index (κ3) is 5.39. The molecule has 8 nitrogen and oxygen atoms in total. The van der Waals surface area contributed by atoms with Crippen molar-refractivity contribution in [3.63, 3.8) is 0 Å². The van der Waals surface area contributed by atoms with Crippen molar-refractivity contribution in [2.75, 3.05) is 13.7 Å². The number of aryl methyl sites for hydroxylation is 1. The van der Waals surface area contributed by atoms with Gasteiger partial charge in [-0.3, -0.25) is 4.79 Å². The van der Waals surface area contributed by atoms with Crippen molar-refractivity contribution in [1.82, 2.24) is 9.66 Å². The maximum atomic E-state index is 13.0. The van der Waals surface area contributed by atoms with Crippen LogP contribution in [-0.2, 0) is 9.53 Å². The highest BCUT2D eigenvalue weighted by atomic mass is 79.9. The number of fused-ring (bicyclic) bond motifs is 1. The van der Waals surface area contributed by atoms with E-state index in [1.54, 1.807) is 39.0 Å². The van der Waals surface area contributed by atoms with Gasteiger partial charge in [0.05, 0.1) is 30.8 Å². The SMILES string of the molecule is CCOc1cc(C=Nn2c(C)nc3ccc(Br)cc3c2=O)c(Br)c(Cl)c1O[C@H](C)C(=O)OC. The first kappa shape index (κ1) is 25.2. The lowest BCUT2D eigenvalue weighted by atomic mass is 10.2. The van der Waals surface area contributed by atoms with Crippen molar-refractivity contribution in [2.24, 2.45) is 5.10 Å². The standard InChI is InChI=1S/C22H20Br2ClN3O5/c1-5-32-17-8-13(18(24)19(25)20(17)33-11(2)22(30)31-4)10-26-28-12(3)27-16-7-6-14(23)9-15(16)21(28)29/h6-11H,5H2,1-4H3/t11-/m1/s1. The van der Waals surface area contributed by atoms with Gasteiger partial charge in [0, 0.05) is 14.5 Å². The Kier molecular flexibility index (Phi) is 8.14. The number of hydrogen-bond acceptors (Lipinski definition) is 7.